The van der Waals surface area contributed by atoms with Gasteiger partial charge in [-0.1, -0.05) is 65.7 Å². The highest BCUT2D eigenvalue weighted by Crippen LogP contribution is 2.27. The van der Waals surface area contributed by atoms with Crippen LogP contribution in [-0.4, -0.2) is 30.4 Å². The fourth-order valence-electron chi connectivity index (χ4n) is 4.10. The van der Waals surface area contributed by atoms with Gasteiger partial charge >= 0.3 is 6.03 Å². The number of hydrogen-bond donors (Lipinski definition) is 2. The van der Waals surface area contributed by atoms with E-state index in [1.165, 1.54) is 12.1 Å². The molecule has 2 N–H and O–H groups in total. The van der Waals surface area contributed by atoms with Gasteiger partial charge in [0.1, 0.15) is 23.7 Å². The maximum Gasteiger partial charge on any atom is 0.335 e. The summed E-state index contributed by atoms with van der Waals surface area (Å²) in [6, 6.07) is 26.3. The van der Waals surface area contributed by atoms with Crippen LogP contribution in [0.25, 0.3) is 6.08 Å². The highest BCUT2D eigenvalue weighted by Gasteiger charge is 2.36. The van der Waals surface area contributed by atoms with E-state index < -0.39 is 23.8 Å². The smallest absolute Gasteiger partial charge is 0.335 e. The third-order valence-corrected chi connectivity index (χ3v) is 6.93. The van der Waals surface area contributed by atoms with Gasteiger partial charge in [-0.2, -0.15) is 0 Å². The number of barbiturate groups is 1. The zero-order valence-electron chi connectivity index (χ0n) is 22.4. The molecule has 43 heavy (non-hydrogen) atoms. The molecule has 5 amide bonds. The first-order chi connectivity index (χ1) is 20.8. The predicted octanol–water partition coefficient (Wildman–Crippen LogP) is 6.26. The van der Waals surface area contributed by atoms with Crippen LogP contribution in [0.3, 0.4) is 0 Å². The topological polar surface area (TPSA) is 114 Å². The quantitative estimate of drug-likeness (QED) is 0.170. The molecule has 1 aliphatic rings. The number of halogens is 2. The second-order valence-electron chi connectivity index (χ2n) is 9.26. The molecule has 1 saturated heterocycles. The number of ether oxygens (including phenoxy) is 2. The maximum absolute atomic E-state index is 13.3. The van der Waals surface area contributed by atoms with Crippen LogP contribution in [-0.2, 0) is 21.0 Å². The Morgan fingerprint density at radius 1 is 0.814 bits per heavy atom. The van der Waals surface area contributed by atoms with E-state index in [1.807, 2.05) is 30.3 Å². The molecule has 11 heteroatoms. The monoisotopic (exact) mass is 615 g/mol. The molecule has 5 rings (SSSR count). The molecular weight excluding hydrogens is 593 g/mol. The van der Waals surface area contributed by atoms with Crippen molar-refractivity contribution in [3.63, 3.8) is 0 Å². The Balaban J connectivity index is 1.25. The molecule has 4 aromatic carbocycles. The number of carbonyl (C=O) groups is 4. The molecular formula is C32H23Cl2N3O6. The fourth-order valence-corrected chi connectivity index (χ4v) is 4.40. The lowest BCUT2D eigenvalue weighted by Gasteiger charge is -2.26. The maximum atomic E-state index is 13.3. The highest BCUT2D eigenvalue weighted by molar-refractivity contribution is 6.42. The molecule has 1 heterocycles. The van der Waals surface area contributed by atoms with E-state index >= 15 is 0 Å². The number of anilines is 2. The summed E-state index contributed by atoms with van der Waals surface area (Å²) in [4.78, 5) is 51.8. The Labute approximate surface area is 256 Å². The van der Waals surface area contributed by atoms with Crippen LogP contribution in [0, 0.1) is 0 Å². The summed E-state index contributed by atoms with van der Waals surface area (Å²) in [6.07, 6.45) is 1.34. The van der Waals surface area contributed by atoms with Crippen LogP contribution >= 0.6 is 23.2 Å². The van der Waals surface area contributed by atoms with Crippen molar-refractivity contribution >= 4 is 64.4 Å². The molecule has 0 aromatic heterocycles. The van der Waals surface area contributed by atoms with Crippen LogP contribution < -0.4 is 25.0 Å². The van der Waals surface area contributed by atoms with Crippen LogP contribution in [0.5, 0.6) is 11.5 Å². The summed E-state index contributed by atoms with van der Waals surface area (Å²) in [5, 5.41) is 5.51. The van der Waals surface area contributed by atoms with Gasteiger partial charge in [0, 0.05) is 5.69 Å². The molecule has 0 spiro atoms. The molecule has 0 saturated carbocycles. The summed E-state index contributed by atoms with van der Waals surface area (Å²) in [5.41, 5.74) is 1.90. The molecule has 0 radical (unpaired) electrons. The summed E-state index contributed by atoms with van der Waals surface area (Å²) < 4.78 is 11.4. The average Bonchev–Trinajstić information content (AvgIpc) is 3.00. The van der Waals surface area contributed by atoms with Gasteiger partial charge in [0.15, 0.2) is 6.61 Å². The average molecular weight is 616 g/mol. The second kappa shape index (κ2) is 13.2. The van der Waals surface area contributed by atoms with Crippen LogP contribution in [0.15, 0.2) is 103 Å². The van der Waals surface area contributed by atoms with Gasteiger partial charge < -0.3 is 14.8 Å². The summed E-state index contributed by atoms with van der Waals surface area (Å²) >= 11 is 11.9. The van der Waals surface area contributed by atoms with E-state index in [0.717, 1.165) is 10.5 Å². The predicted molar refractivity (Wildman–Crippen MR) is 163 cm³/mol. The molecule has 0 bridgehead atoms. The lowest BCUT2D eigenvalue weighted by atomic mass is 10.1. The molecule has 1 fully saturated rings. The minimum atomic E-state index is -0.866. The second-order valence-corrected chi connectivity index (χ2v) is 10.1. The number of nitrogens with one attached hydrogen (secondary N) is 2. The fraction of sp³-hybridized carbons (Fsp3) is 0.0625. The van der Waals surface area contributed by atoms with E-state index in [1.54, 1.807) is 60.7 Å². The summed E-state index contributed by atoms with van der Waals surface area (Å²) in [7, 11) is 0. The Kier molecular flexibility index (Phi) is 9.05. The van der Waals surface area contributed by atoms with Gasteiger partial charge in [-0.25, -0.2) is 9.69 Å². The number of rotatable bonds is 9. The standard InChI is InChI=1S/C32H23Cl2N3O6/c33-27-14-9-22(17-28(27)34)35-29(38)19-43-25-8-4-7-21(15-25)16-26-30(39)36-32(41)37(31(26)40)23-10-12-24(13-11-23)42-18-20-5-2-1-3-6-20/h1-17H,18-19H2,(H,35,38)(H,36,39,41)/b26-16-. The van der Waals surface area contributed by atoms with Crippen molar-refractivity contribution in [2.24, 2.45) is 0 Å². The Morgan fingerprint density at radius 2 is 1.58 bits per heavy atom. The van der Waals surface area contributed by atoms with Crippen molar-refractivity contribution < 1.29 is 28.7 Å². The van der Waals surface area contributed by atoms with Gasteiger partial charge in [-0.15, -0.1) is 0 Å². The molecule has 0 aliphatic carbocycles. The SMILES string of the molecule is O=C(COc1cccc(/C=C2/C(=O)NC(=O)N(c3ccc(OCc4ccccc4)cc3)C2=O)c1)Nc1ccc(Cl)c(Cl)c1. The number of nitrogens with zero attached hydrogens (tertiary/aromatic N) is 1. The van der Waals surface area contributed by atoms with Gasteiger partial charge in [-0.3, -0.25) is 19.7 Å². The highest BCUT2D eigenvalue weighted by atomic mass is 35.5. The minimum Gasteiger partial charge on any atom is -0.489 e. The van der Waals surface area contributed by atoms with Gasteiger partial charge in [-0.05, 0) is 71.8 Å². The van der Waals surface area contributed by atoms with E-state index in [9.17, 15) is 19.2 Å². The summed E-state index contributed by atoms with van der Waals surface area (Å²) in [6.45, 7) is 0.0441. The first-order valence-electron chi connectivity index (χ1n) is 12.9. The van der Waals surface area contributed by atoms with Crippen molar-refractivity contribution in [1.29, 1.82) is 0 Å². The molecule has 0 unspecified atom stereocenters. The van der Waals surface area contributed by atoms with Gasteiger partial charge in [0.2, 0.25) is 0 Å². The van der Waals surface area contributed by atoms with Crippen molar-refractivity contribution in [3.8, 4) is 11.5 Å². The van der Waals surface area contributed by atoms with E-state index in [0.29, 0.717) is 39.4 Å². The van der Waals surface area contributed by atoms with Crippen molar-refractivity contribution in [2.45, 2.75) is 6.61 Å². The third-order valence-electron chi connectivity index (χ3n) is 6.19. The number of amides is 5. The number of hydrogen-bond acceptors (Lipinski definition) is 6. The van der Waals surface area contributed by atoms with Crippen molar-refractivity contribution in [3.05, 3.63) is 124 Å². The van der Waals surface area contributed by atoms with Crippen LogP contribution in [0.1, 0.15) is 11.1 Å². The van der Waals surface area contributed by atoms with E-state index in [2.05, 4.69) is 10.6 Å². The Hall–Kier alpha value is -5.12. The lowest BCUT2D eigenvalue weighted by molar-refractivity contribution is -0.122. The van der Waals surface area contributed by atoms with Crippen LogP contribution in [0.4, 0.5) is 16.2 Å². The largest absolute Gasteiger partial charge is 0.489 e. The third kappa shape index (κ3) is 7.40. The number of carbonyl (C=O) groups excluding carboxylic acids is 4. The molecule has 9 nitrogen and oxygen atoms in total. The molecule has 0 atom stereocenters. The van der Waals surface area contributed by atoms with Crippen molar-refractivity contribution in [2.75, 3.05) is 16.8 Å². The van der Waals surface area contributed by atoms with Crippen molar-refractivity contribution in [1.82, 2.24) is 5.32 Å². The molecule has 1 aliphatic heterocycles. The molecule has 4 aromatic rings. The molecule has 216 valence electrons. The normalized spacial score (nSPS) is 14.0. The zero-order chi connectivity index (χ0) is 30.3. The zero-order valence-corrected chi connectivity index (χ0v) is 23.9. The van der Waals surface area contributed by atoms with E-state index in [-0.39, 0.29) is 17.9 Å². The first kappa shape index (κ1) is 29.4. The number of imide groups is 2. The minimum absolute atomic E-state index is 0.251. The first-order valence-corrected chi connectivity index (χ1v) is 13.7. The van der Waals surface area contributed by atoms with E-state index in [4.69, 9.17) is 32.7 Å². The van der Waals surface area contributed by atoms with Crippen LogP contribution in [0.2, 0.25) is 10.0 Å². The lowest BCUT2D eigenvalue weighted by Crippen LogP contribution is -2.54. The summed E-state index contributed by atoms with van der Waals surface area (Å²) in [5.74, 6) is -1.19. The number of benzene rings is 4. The number of urea groups is 1. The van der Waals surface area contributed by atoms with Gasteiger partial charge in [0.25, 0.3) is 17.7 Å². The Bertz CT molecular complexity index is 1730. The van der Waals surface area contributed by atoms with Gasteiger partial charge in [0.05, 0.1) is 15.7 Å². The Morgan fingerprint density at radius 3 is 2.33 bits per heavy atom.